The summed E-state index contributed by atoms with van der Waals surface area (Å²) >= 11 is 1.76. The molecule has 0 spiro atoms. The second-order valence-electron chi connectivity index (χ2n) is 9.35. The van der Waals surface area contributed by atoms with Gasteiger partial charge in [-0.25, -0.2) is 9.59 Å². The van der Waals surface area contributed by atoms with Gasteiger partial charge >= 0.3 is 12.1 Å². The zero-order valence-corrected chi connectivity index (χ0v) is 23.9. The largest absolute Gasteiger partial charge is 0.497 e. The van der Waals surface area contributed by atoms with Gasteiger partial charge in [-0.3, -0.25) is 4.90 Å². The predicted octanol–water partition coefficient (Wildman–Crippen LogP) is 6.79. The van der Waals surface area contributed by atoms with Gasteiger partial charge < -0.3 is 23.9 Å². The van der Waals surface area contributed by atoms with E-state index in [-0.39, 0.29) is 13.0 Å². The molecule has 0 aliphatic rings. The van der Waals surface area contributed by atoms with Crippen LogP contribution >= 0.6 is 11.3 Å². The third kappa shape index (κ3) is 7.04. The molecule has 0 aliphatic heterocycles. The highest BCUT2D eigenvalue weighted by molar-refractivity contribution is 7.15. The molecule has 9 heteroatoms. The van der Waals surface area contributed by atoms with Crippen LogP contribution < -0.4 is 14.2 Å². The van der Waals surface area contributed by atoms with E-state index in [2.05, 4.69) is 42.7 Å². The van der Waals surface area contributed by atoms with Crippen LogP contribution in [0.1, 0.15) is 29.5 Å². The molecule has 210 valence electrons. The van der Waals surface area contributed by atoms with Gasteiger partial charge in [0.05, 0.1) is 30.8 Å². The number of aliphatic carboxylic acids is 1. The third-order valence-corrected chi connectivity index (χ3v) is 7.60. The zero-order valence-electron chi connectivity index (χ0n) is 23.1. The van der Waals surface area contributed by atoms with Crippen molar-refractivity contribution in [3.8, 4) is 27.8 Å². The van der Waals surface area contributed by atoms with Crippen LogP contribution in [-0.2, 0) is 17.9 Å². The van der Waals surface area contributed by atoms with Crippen molar-refractivity contribution in [3.63, 3.8) is 0 Å². The average Bonchev–Trinajstić information content (AvgIpc) is 3.54. The zero-order chi connectivity index (χ0) is 28.6. The highest BCUT2D eigenvalue weighted by atomic mass is 32.1. The Kier molecular flexibility index (Phi) is 9.50. The number of amides is 1. The summed E-state index contributed by atoms with van der Waals surface area (Å²) < 4.78 is 19.0. The monoisotopic (exact) mass is 562 g/mol. The lowest BCUT2D eigenvalue weighted by atomic mass is 10.1. The van der Waals surface area contributed by atoms with Gasteiger partial charge in [0.1, 0.15) is 29.9 Å². The molecule has 2 aromatic carbocycles. The van der Waals surface area contributed by atoms with Crippen molar-refractivity contribution in [2.45, 2.75) is 46.3 Å². The Balaban J connectivity index is 1.44. The van der Waals surface area contributed by atoms with Crippen molar-refractivity contribution < 1.29 is 28.9 Å². The molecule has 4 rings (SSSR count). The van der Waals surface area contributed by atoms with Gasteiger partial charge in [-0.1, -0.05) is 19.1 Å². The number of carbonyl (C=O) groups is 2. The summed E-state index contributed by atoms with van der Waals surface area (Å²) in [5.74, 6) is 0.462. The molecule has 0 radical (unpaired) electrons. The van der Waals surface area contributed by atoms with Crippen LogP contribution in [0.4, 0.5) is 4.79 Å². The topological polar surface area (TPSA) is 90.2 Å². The maximum absolute atomic E-state index is 13.1. The minimum Gasteiger partial charge on any atom is -0.497 e. The molecule has 1 N–H and O–H groups in total. The van der Waals surface area contributed by atoms with Gasteiger partial charge in [-0.2, -0.15) is 0 Å². The standard InChI is InChI=1S/C31H34N2O6S/c1-5-27(30(34)35)33(31(36)39-25-13-11-24(37-4)12-14-25)20-23-7-6-8-26(19-23)38-18-17-32-21(2)9-15-28(32)29-16-10-22(3)40-29/h6-16,19,27H,5,17-18,20H2,1-4H3,(H,34,35). The molecule has 0 fully saturated rings. The summed E-state index contributed by atoms with van der Waals surface area (Å²) in [5, 5.41) is 9.80. The van der Waals surface area contributed by atoms with Gasteiger partial charge in [0, 0.05) is 10.6 Å². The fourth-order valence-electron chi connectivity index (χ4n) is 4.47. The Morgan fingerprint density at radius 2 is 1.73 bits per heavy atom. The fraction of sp³-hybridized carbons (Fsp3) is 0.290. The van der Waals surface area contributed by atoms with Crippen molar-refractivity contribution in [2.24, 2.45) is 0 Å². The Bertz CT molecular complexity index is 1440. The predicted molar refractivity (Wildman–Crippen MR) is 155 cm³/mol. The first-order valence-electron chi connectivity index (χ1n) is 13.1. The second kappa shape index (κ2) is 13.2. The number of carboxylic acid groups (broad SMARTS) is 1. The molecule has 40 heavy (non-hydrogen) atoms. The van der Waals surface area contributed by atoms with Gasteiger partial charge in [0.2, 0.25) is 0 Å². The van der Waals surface area contributed by atoms with E-state index in [1.54, 1.807) is 49.6 Å². The average molecular weight is 563 g/mol. The van der Waals surface area contributed by atoms with Crippen LogP contribution in [-0.4, -0.2) is 46.4 Å². The number of aryl methyl sites for hydroxylation is 2. The summed E-state index contributed by atoms with van der Waals surface area (Å²) in [6.45, 7) is 7.08. The van der Waals surface area contributed by atoms with E-state index in [0.717, 1.165) is 11.3 Å². The van der Waals surface area contributed by atoms with Gasteiger partial charge in [-0.05, 0) is 86.5 Å². The number of aromatic nitrogens is 1. The van der Waals surface area contributed by atoms with Crippen LogP contribution in [0, 0.1) is 13.8 Å². The molecular formula is C31H34N2O6S. The van der Waals surface area contributed by atoms with Crippen molar-refractivity contribution in [2.75, 3.05) is 13.7 Å². The molecule has 0 saturated heterocycles. The summed E-state index contributed by atoms with van der Waals surface area (Å²) in [5.41, 5.74) is 3.05. The Labute approximate surface area is 238 Å². The lowest BCUT2D eigenvalue weighted by molar-refractivity contribution is -0.142. The van der Waals surface area contributed by atoms with E-state index < -0.39 is 18.1 Å². The number of hydrogen-bond donors (Lipinski definition) is 1. The van der Waals surface area contributed by atoms with Gasteiger partial charge in [-0.15, -0.1) is 11.3 Å². The smallest absolute Gasteiger partial charge is 0.416 e. The molecule has 1 unspecified atom stereocenters. The highest BCUT2D eigenvalue weighted by Crippen LogP contribution is 2.29. The molecular weight excluding hydrogens is 528 g/mol. The van der Waals surface area contributed by atoms with Crippen LogP contribution in [0.15, 0.2) is 72.8 Å². The maximum atomic E-state index is 13.1. The summed E-state index contributed by atoms with van der Waals surface area (Å²) in [6, 6.07) is 21.3. The van der Waals surface area contributed by atoms with Crippen LogP contribution in [0.3, 0.4) is 0 Å². The third-order valence-electron chi connectivity index (χ3n) is 6.57. The van der Waals surface area contributed by atoms with Crippen molar-refractivity contribution in [3.05, 3.63) is 88.9 Å². The van der Waals surface area contributed by atoms with Crippen molar-refractivity contribution in [1.29, 1.82) is 0 Å². The molecule has 4 aromatic rings. The Hall–Kier alpha value is -4.24. The normalized spacial score (nSPS) is 11.6. The number of methoxy groups -OCH3 is 1. The summed E-state index contributed by atoms with van der Waals surface area (Å²) in [7, 11) is 1.55. The van der Waals surface area contributed by atoms with E-state index >= 15 is 0 Å². The van der Waals surface area contributed by atoms with Crippen LogP contribution in [0.25, 0.3) is 10.6 Å². The lowest BCUT2D eigenvalue weighted by Gasteiger charge is -2.27. The van der Waals surface area contributed by atoms with Crippen LogP contribution in [0.2, 0.25) is 0 Å². The molecule has 8 nitrogen and oxygen atoms in total. The first kappa shape index (κ1) is 28.8. The number of nitrogens with zero attached hydrogens (tertiary/aromatic N) is 2. The minimum absolute atomic E-state index is 0.0512. The first-order chi connectivity index (χ1) is 19.3. The quantitative estimate of drug-likeness (QED) is 0.205. The summed E-state index contributed by atoms with van der Waals surface area (Å²) in [4.78, 5) is 28.8. The SMILES string of the molecule is CCC(C(=O)O)N(Cc1cccc(OCCn2c(C)ccc2-c2ccc(C)s2)c1)C(=O)Oc1ccc(OC)cc1. The van der Waals surface area contributed by atoms with E-state index in [0.29, 0.717) is 30.4 Å². The van der Waals surface area contributed by atoms with Gasteiger partial charge in [0.15, 0.2) is 0 Å². The molecule has 0 bridgehead atoms. The van der Waals surface area contributed by atoms with Crippen LogP contribution in [0.5, 0.6) is 17.2 Å². The maximum Gasteiger partial charge on any atom is 0.416 e. The van der Waals surface area contributed by atoms with E-state index in [4.69, 9.17) is 14.2 Å². The van der Waals surface area contributed by atoms with Crippen molar-refractivity contribution in [1.82, 2.24) is 9.47 Å². The highest BCUT2D eigenvalue weighted by Gasteiger charge is 2.30. The number of ether oxygens (including phenoxy) is 3. The van der Waals surface area contributed by atoms with Crippen molar-refractivity contribution >= 4 is 23.4 Å². The number of carboxylic acids is 1. The molecule has 1 amide bonds. The Morgan fingerprint density at radius 3 is 2.38 bits per heavy atom. The first-order valence-corrected chi connectivity index (χ1v) is 13.9. The molecule has 0 saturated carbocycles. The Morgan fingerprint density at radius 1 is 0.975 bits per heavy atom. The number of thiophene rings is 1. The van der Waals surface area contributed by atoms with Gasteiger partial charge in [0.25, 0.3) is 0 Å². The molecule has 2 heterocycles. The molecule has 0 aliphatic carbocycles. The fourth-order valence-corrected chi connectivity index (χ4v) is 5.37. The molecule has 2 aromatic heterocycles. The number of rotatable bonds is 12. The summed E-state index contributed by atoms with van der Waals surface area (Å²) in [6.07, 6.45) is -0.517. The number of carbonyl (C=O) groups excluding carboxylic acids is 1. The second-order valence-corrected chi connectivity index (χ2v) is 10.6. The van der Waals surface area contributed by atoms with E-state index in [1.807, 2.05) is 24.3 Å². The minimum atomic E-state index is -1.10. The number of benzene rings is 2. The molecule has 1 atom stereocenters. The van der Waals surface area contributed by atoms with E-state index in [9.17, 15) is 14.7 Å². The number of hydrogen-bond acceptors (Lipinski definition) is 6. The lowest BCUT2D eigenvalue weighted by Crippen LogP contribution is -2.45. The van der Waals surface area contributed by atoms with E-state index in [1.165, 1.54) is 20.3 Å².